The lowest BCUT2D eigenvalue weighted by Crippen LogP contribution is -2.25. The van der Waals surface area contributed by atoms with Crippen molar-refractivity contribution >= 4 is 15.2 Å². The maximum absolute atomic E-state index is 14.3. The van der Waals surface area contributed by atoms with Gasteiger partial charge in [-0.3, -0.25) is 9.13 Å². The van der Waals surface area contributed by atoms with E-state index in [1.807, 2.05) is 54.6 Å². The quantitative estimate of drug-likeness (QED) is 0.211. The van der Waals surface area contributed by atoms with E-state index in [9.17, 15) is 9.13 Å². The Morgan fingerprint density at radius 1 is 0.583 bits per heavy atom. The summed E-state index contributed by atoms with van der Waals surface area (Å²) in [5.41, 5.74) is 1.85. The van der Waals surface area contributed by atoms with E-state index in [4.69, 9.17) is 22.8 Å². The first-order chi connectivity index (χ1) is 16.8. The molecule has 36 heavy (non-hydrogen) atoms. The lowest BCUT2D eigenvalue weighted by Gasteiger charge is -2.35. The molecule has 0 spiro atoms. The second kappa shape index (κ2) is 13.9. The van der Waals surface area contributed by atoms with Gasteiger partial charge in [-0.25, -0.2) is 0 Å². The molecule has 0 heterocycles. The Labute approximate surface area is 216 Å². The summed E-state index contributed by atoms with van der Waals surface area (Å²) in [7, 11) is -7.90. The molecule has 2 rings (SSSR count). The summed E-state index contributed by atoms with van der Waals surface area (Å²) in [6.07, 6.45) is -1.56. The SMILES string of the molecule is CC(C)OP(=O)(OC(C)C)C(Cc1ccc(OCc2ccccc2)cc1)P(=O)(OC(C)C)OC(C)C. The van der Waals surface area contributed by atoms with Gasteiger partial charge in [-0.1, -0.05) is 42.5 Å². The van der Waals surface area contributed by atoms with Crippen molar-refractivity contribution in [1.82, 2.24) is 0 Å². The first kappa shape index (κ1) is 30.8. The van der Waals surface area contributed by atoms with E-state index in [2.05, 4.69) is 0 Å². The Bertz CT molecular complexity index is 939. The minimum atomic E-state index is -3.95. The predicted octanol–water partition coefficient (Wildman–Crippen LogP) is 8.22. The second-order valence-corrected chi connectivity index (χ2v) is 14.5. The highest BCUT2D eigenvalue weighted by atomic mass is 31.2. The Morgan fingerprint density at radius 2 is 1.00 bits per heavy atom. The molecule has 0 aliphatic heterocycles. The third-order valence-corrected chi connectivity index (χ3v) is 11.1. The first-order valence-corrected chi connectivity index (χ1v) is 15.7. The fraction of sp³-hybridized carbons (Fsp3) is 0.556. The fourth-order valence-corrected chi connectivity index (χ4v) is 9.50. The molecule has 0 unspecified atom stereocenters. The summed E-state index contributed by atoms with van der Waals surface area (Å²) >= 11 is 0. The standard InChI is InChI=1S/C27H42O7P2/c1-20(2)31-35(28,32-21(3)4)27(36(29,33-22(5)6)34-23(7)8)18-24-14-16-26(17-15-24)30-19-25-12-10-9-11-13-25/h9-17,20-23,27H,18-19H2,1-8H3. The van der Waals surface area contributed by atoms with Gasteiger partial charge in [0.1, 0.15) is 12.4 Å². The van der Waals surface area contributed by atoms with Crippen LogP contribution in [-0.2, 0) is 40.3 Å². The Kier molecular flexibility index (Phi) is 11.9. The maximum atomic E-state index is 14.3. The summed E-state index contributed by atoms with van der Waals surface area (Å²) < 4.78 is 58.0. The van der Waals surface area contributed by atoms with E-state index in [0.29, 0.717) is 12.4 Å². The molecular formula is C27H42O7P2. The smallest absolute Gasteiger partial charge is 0.346 e. The molecule has 0 atom stereocenters. The molecule has 0 saturated heterocycles. The van der Waals surface area contributed by atoms with Gasteiger partial charge >= 0.3 is 15.2 Å². The van der Waals surface area contributed by atoms with Gasteiger partial charge in [-0.2, -0.15) is 0 Å². The lowest BCUT2D eigenvalue weighted by molar-refractivity contribution is 0.122. The Hall–Kier alpha value is -1.46. The number of benzene rings is 2. The average molecular weight is 541 g/mol. The maximum Gasteiger partial charge on any atom is 0.346 e. The third kappa shape index (κ3) is 9.78. The van der Waals surface area contributed by atoms with Gasteiger partial charge in [0.05, 0.1) is 24.4 Å². The van der Waals surface area contributed by atoms with Gasteiger partial charge in [-0.15, -0.1) is 0 Å². The van der Waals surface area contributed by atoms with E-state index in [-0.39, 0.29) is 6.42 Å². The van der Waals surface area contributed by atoms with Crippen molar-refractivity contribution in [2.24, 2.45) is 0 Å². The zero-order valence-corrected chi connectivity index (χ0v) is 24.5. The van der Waals surface area contributed by atoms with E-state index in [0.717, 1.165) is 11.1 Å². The molecule has 0 amide bonds. The molecule has 0 N–H and O–H groups in total. The first-order valence-electron chi connectivity index (χ1n) is 12.5. The minimum absolute atomic E-state index is 0.117. The topological polar surface area (TPSA) is 80.3 Å². The van der Waals surface area contributed by atoms with Gasteiger partial charge in [0.15, 0.2) is 5.40 Å². The zero-order chi connectivity index (χ0) is 26.9. The summed E-state index contributed by atoms with van der Waals surface area (Å²) in [4.78, 5) is 0. The number of rotatable bonds is 15. The van der Waals surface area contributed by atoms with Crippen molar-refractivity contribution in [3.63, 3.8) is 0 Å². The molecule has 0 aromatic heterocycles. The summed E-state index contributed by atoms with van der Waals surface area (Å²) in [6, 6.07) is 17.3. The van der Waals surface area contributed by atoms with Gasteiger partial charge in [0.2, 0.25) is 0 Å². The number of hydrogen-bond acceptors (Lipinski definition) is 7. The van der Waals surface area contributed by atoms with Crippen LogP contribution >= 0.6 is 15.2 Å². The van der Waals surface area contributed by atoms with Crippen molar-refractivity contribution in [3.05, 3.63) is 65.7 Å². The predicted molar refractivity (Wildman–Crippen MR) is 145 cm³/mol. The number of ether oxygens (including phenoxy) is 1. The molecular weight excluding hydrogens is 498 g/mol. The highest BCUT2D eigenvalue weighted by Crippen LogP contribution is 2.72. The van der Waals surface area contributed by atoms with Crippen LogP contribution in [0.5, 0.6) is 5.75 Å². The van der Waals surface area contributed by atoms with Crippen molar-refractivity contribution < 1.29 is 32.0 Å². The molecule has 0 saturated carbocycles. The molecule has 202 valence electrons. The fourth-order valence-electron chi connectivity index (χ4n) is 3.58. The van der Waals surface area contributed by atoms with Crippen LogP contribution in [0.15, 0.2) is 54.6 Å². The molecule has 0 aliphatic carbocycles. The molecule has 0 radical (unpaired) electrons. The van der Waals surface area contributed by atoms with E-state index in [1.165, 1.54) is 0 Å². The van der Waals surface area contributed by atoms with Crippen molar-refractivity contribution in [1.29, 1.82) is 0 Å². The van der Waals surface area contributed by atoms with Crippen LogP contribution in [0.2, 0.25) is 0 Å². The van der Waals surface area contributed by atoms with Crippen molar-refractivity contribution in [3.8, 4) is 5.75 Å². The van der Waals surface area contributed by atoms with E-state index < -0.39 is 45.0 Å². The minimum Gasteiger partial charge on any atom is -0.489 e. The highest BCUT2D eigenvalue weighted by molar-refractivity contribution is 7.72. The van der Waals surface area contributed by atoms with Gasteiger partial charge in [-0.05, 0) is 85.1 Å². The normalized spacial score (nSPS) is 12.9. The van der Waals surface area contributed by atoms with Crippen LogP contribution in [-0.4, -0.2) is 29.8 Å². The van der Waals surface area contributed by atoms with Crippen LogP contribution < -0.4 is 4.74 Å². The Morgan fingerprint density at radius 3 is 1.39 bits per heavy atom. The van der Waals surface area contributed by atoms with Crippen LogP contribution in [0.25, 0.3) is 0 Å². The van der Waals surface area contributed by atoms with Crippen LogP contribution in [0.3, 0.4) is 0 Å². The zero-order valence-electron chi connectivity index (χ0n) is 22.7. The Balaban J connectivity index is 2.40. The summed E-state index contributed by atoms with van der Waals surface area (Å²) in [5.74, 6) is 0.694. The molecule has 0 bridgehead atoms. The summed E-state index contributed by atoms with van der Waals surface area (Å²) in [5, 5.41) is -1.14. The van der Waals surface area contributed by atoms with Crippen LogP contribution in [0.1, 0.15) is 66.5 Å². The molecule has 7 nitrogen and oxygen atoms in total. The summed E-state index contributed by atoms with van der Waals surface area (Å²) in [6.45, 7) is 14.6. The van der Waals surface area contributed by atoms with Gasteiger partial charge in [0.25, 0.3) is 0 Å². The molecule has 0 aliphatic rings. The van der Waals surface area contributed by atoms with Crippen molar-refractivity contribution in [2.45, 2.75) is 98.2 Å². The van der Waals surface area contributed by atoms with Gasteiger partial charge in [0, 0.05) is 0 Å². The monoisotopic (exact) mass is 540 g/mol. The highest BCUT2D eigenvalue weighted by Gasteiger charge is 2.52. The van der Waals surface area contributed by atoms with E-state index >= 15 is 0 Å². The average Bonchev–Trinajstić information content (AvgIpc) is 2.75. The lowest BCUT2D eigenvalue weighted by atomic mass is 10.2. The largest absolute Gasteiger partial charge is 0.489 e. The number of hydrogen-bond donors (Lipinski definition) is 0. The molecule has 2 aromatic rings. The molecule has 2 aromatic carbocycles. The van der Waals surface area contributed by atoms with Crippen LogP contribution in [0, 0.1) is 0 Å². The second-order valence-electron chi connectivity index (χ2n) is 9.80. The van der Waals surface area contributed by atoms with Crippen LogP contribution in [0.4, 0.5) is 0 Å². The molecule has 9 heteroatoms. The van der Waals surface area contributed by atoms with Crippen molar-refractivity contribution in [2.75, 3.05) is 0 Å². The van der Waals surface area contributed by atoms with Gasteiger partial charge < -0.3 is 22.8 Å². The molecule has 0 fully saturated rings. The van der Waals surface area contributed by atoms with E-state index in [1.54, 1.807) is 55.4 Å². The third-order valence-electron chi connectivity index (χ3n) is 4.75.